The van der Waals surface area contributed by atoms with Crippen molar-refractivity contribution in [2.24, 2.45) is 48.1 Å². The number of benzene rings is 4. The maximum absolute atomic E-state index is 12.4. The molecule has 8 aromatic rings. The van der Waals surface area contributed by atoms with Gasteiger partial charge in [-0.05, 0) is 206 Å². The smallest absolute Gasteiger partial charge is 0.411 e. The quantitative estimate of drug-likeness (QED) is 0.00320. The first kappa shape index (κ1) is 113. The predicted octanol–water partition coefficient (Wildman–Crippen LogP) is 16.9. The highest BCUT2D eigenvalue weighted by Gasteiger charge is 2.28. The number of aromatic amines is 3. The van der Waals surface area contributed by atoms with E-state index in [1.54, 1.807) is 27.7 Å². The summed E-state index contributed by atoms with van der Waals surface area (Å²) in [6, 6.07) is 30.8. The van der Waals surface area contributed by atoms with Crippen LogP contribution in [0.15, 0.2) is 177 Å². The summed E-state index contributed by atoms with van der Waals surface area (Å²) in [6.45, 7) is 32.2. The van der Waals surface area contributed by atoms with Gasteiger partial charge >= 0.3 is 42.5 Å². The van der Waals surface area contributed by atoms with Gasteiger partial charge in [0.05, 0.1) is 70.9 Å². The number of carbonyl (C=O) groups excluding carboxylic acids is 9. The summed E-state index contributed by atoms with van der Waals surface area (Å²) in [5.41, 5.74) is 6.34. The Labute approximate surface area is 829 Å². The first-order valence-corrected chi connectivity index (χ1v) is 47.2. The lowest BCUT2D eigenvalue weighted by molar-refractivity contribution is -0.384. The molecule has 0 saturated heterocycles. The number of nitrogens with one attached hydrogen (secondary N) is 13. The second-order valence-corrected chi connectivity index (χ2v) is 35.7. The first-order chi connectivity index (χ1) is 67.2. The number of anilines is 6. The van der Waals surface area contributed by atoms with Crippen molar-refractivity contribution in [3.05, 3.63) is 206 Å². The SMILES string of the molecule is CCN(CCOC(=O)NCCC(C)(C)CC(C)CNC(=O)Nc1nc(C)cc(=O)[nH]1)c1ccc(N=C2C=C(NC(=O)OC)C(=O)C(Cl)=C2C)cc1.CCN(CCOC(=O)NCCC(C)(C)CC(C)CNC(=O)Nc1nc(C)cc(=O)[nH]1)c1ccc(N=Nc2nc(Cl)c(C=O)s2)cc1.CCN(CCOC(=O)NCCCCCCNC(=O)Nc1nc(C)cc(=O)[nH]1)c1ccc(N=Nc2ccc([N+](=O)[O-])cc2)cc1. The molecular formula is C94H124Cl2N26O18S. The minimum Gasteiger partial charge on any atom is -0.453 e. The summed E-state index contributed by atoms with van der Waals surface area (Å²) >= 11 is 13.1. The van der Waals surface area contributed by atoms with Gasteiger partial charge in [0.2, 0.25) is 28.8 Å². The summed E-state index contributed by atoms with van der Waals surface area (Å²) in [5, 5.41) is 54.3. The van der Waals surface area contributed by atoms with Gasteiger partial charge in [-0.1, -0.05) is 88.9 Å². The lowest BCUT2D eigenvalue weighted by atomic mass is 9.80. The van der Waals surface area contributed by atoms with Crippen LogP contribution in [0.3, 0.4) is 0 Å². The van der Waals surface area contributed by atoms with Gasteiger partial charge in [-0.15, -0.1) is 10.2 Å². The third-order valence-electron chi connectivity index (χ3n) is 21.1. The zero-order valence-corrected chi connectivity index (χ0v) is 83.7. The number of aromatic nitrogens is 7. The highest BCUT2D eigenvalue weighted by Crippen LogP contribution is 2.34. The van der Waals surface area contributed by atoms with Crippen molar-refractivity contribution in [2.75, 3.05) is 136 Å². The van der Waals surface area contributed by atoms with Crippen molar-refractivity contribution in [1.82, 2.24) is 72.1 Å². The molecule has 47 heteroatoms. The number of rotatable bonds is 47. The number of methoxy groups -OCH3 is 1. The van der Waals surface area contributed by atoms with Crippen LogP contribution in [0.2, 0.25) is 5.15 Å². The molecule has 1 aliphatic carbocycles. The van der Waals surface area contributed by atoms with Crippen molar-refractivity contribution in [2.45, 2.75) is 141 Å². The van der Waals surface area contributed by atoms with Gasteiger partial charge in [0.1, 0.15) is 24.7 Å². The number of unbranched alkanes of at least 4 members (excludes halogenated alkanes) is 3. The number of hydrogen-bond donors (Lipinski definition) is 13. The highest BCUT2D eigenvalue weighted by molar-refractivity contribution is 7.17. The van der Waals surface area contributed by atoms with Gasteiger partial charge in [0.15, 0.2) is 11.4 Å². The summed E-state index contributed by atoms with van der Waals surface area (Å²) < 4.78 is 20.7. The van der Waals surface area contributed by atoms with E-state index in [9.17, 15) is 67.6 Å². The molecule has 2 atom stereocenters. The van der Waals surface area contributed by atoms with E-state index in [2.05, 4.69) is 161 Å². The molecule has 1 aliphatic rings. The summed E-state index contributed by atoms with van der Waals surface area (Å²) in [7, 11) is 1.19. The van der Waals surface area contributed by atoms with Crippen LogP contribution >= 0.6 is 34.5 Å². The van der Waals surface area contributed by atoms with E-state index >= 15 is 0 Å². The fourth-order valence-corrected chi connectivity index (χ4v) is 15.2. The molecule has 0 bridgehead atoms. The number of ketones is 1. The summed E-state index contributed by atoms with van der Waals surface area (Å²) in [6.07, 6.45) is 6.22. The largest absolute Gasteiger partial charge is 0.453 e. The van der Waals surface area contributed by atoms with Crippen molar-refractivity contribution in [3.8, 4) is 0 Å². The van der Waals surface area contributed by atoms with Crippen LogP contribution in [0.25, 0.3) is 0 Å². The molecule has 0 aliphatic heterocycles. The Bertz CT molecular complexity index is 5870. The third kappa shape index (κ3) is 42.1. The van der Waals surface area contributed by atoms with E-state index in [-0.39, 0.29) is 98.6 Å². The average molecular weight is 2010 g/mol. The van der Waals surface area contributed by atoms with Crippen LogP contribution < -0.4 is 84.5 Å². The number of likely N-dealkylation sites (N-methyl/N-ethyl adjacent to an activating group) is 3. The number of aldehydes is 1. The van der Waals surface area contributed by atoms with Gasteiger partial charge in [-0.25, -0.2) is 58.5 Å². The number of azo groups is 2. The number of H-pyrrole nitrogens is 3. The number of hydrogen-bond acceptors (Lipinski definition) is 31. The fourth-order valence-electron chi connectivity index (χ4n) is 14.1. The van der Waals surface area contributed by atoms with Crippen LogP contribution in [0, 0.1) is 53.6 Å². The Kier molecular flexibility index (Phi) is 46.6. The minimum atomic E-state index is -0.790. The van der Waals surface area contributed by atoms with Crippen LogP contribution in [-0.4, -0.2) is 206 Å². The molecule has 13 N–H and O–H groups in total. The minimum absolute atomic E-state index is 0.00534. The molecule has 0 spiro atoms. The molecule has 0 fully saturated rings. The van der Waals surface area contributed by atoms with Crippen LogP contribution in [0.5, 0.6) is 0 Å². The van der Waals surface area contributed by atoms with Gasteiger partial charge in [0, 0.05) is 123 Å². The van der Waals surface area contributed by atoms with Crippen LogP contribution in [-0.2, 0) is 23.7 Å². The number of aryl methyl sites for hydroxylation is 3. The van der Waals surface area contributed by atoms with Crippen LogP contribution in [0.1, 0.15) is 147 Å². The molecule has 4 aromatic heterocycles. The van der Waals surface area contributed by atoms with Crippen LogP contribution in [0.4, 0.5) is 102 Å². The molecule has 0 radical (unpaired) electrons. The first-order valence-electron chi connectivity index (χ1n) is 45.6. The molecule has 141 heavy (non-hydrogen) atoms. The Hall–Kier alpha value is -14.9. The maximum Gasteiger partial charge on any atom is 0.411 e. The number of carbonyl (C=O) groups is 9. The molecule has 10 amide bonds. The molecule has 4 heterocycles. The van der Waals surface area contributed by atoms with Crippen molar-refractivity contribution in [3.63, 3.8) is 0 Å². The summed E-state index contributed by atoms with van der Waals surface area (Å²) in [5.74, 6) is 0.0889. The number of urea groups is 3. The number of Topliss-reactive ketones (excluding diaryl/α,β-unsaturated/α-hetero) is 1. The number of nitro groups is 1. The average Bonchev–Trinajstić information content (AvgIpc) is 0.872. The number of thiazole rings is 1. The Morgan fingerprint density at radius 1 is 0.504 bits per heavy atom. The summed E-state index contributed by atoms with van der Waals surface area (Å²) in [4.78, 5) is 188. The molecular weight excluding hydrogens is 1880 g/mol. The predicted molar refractivity (Wildman–Crippen MR) is 542 cm³/mol. The number of aliphatic imine (C=N–C) groups is 1. The van der Waals surface area contributed by atoms with E-state index in [1.165, 1.54) is 55.7 Å². The van der Waals surface area contributed by atoms with E-state index in [0.29, 0.717) is 152 Å². The molecule has 758 valence electrons. The zero-order valence-electron chi connectivity index (χ0n) is 81.4. The molecule has 9 rings (SSSR count). The Morgan fingerprint density at radius 3 is 1.24 bits per heavy atom. The van der Waals surface area contributed by atoms with Gasteiger partial charge in [-0.2, -0.15) is 10.2 Å². The van der Waals surface area contributed by atoms with Gasteiger partial charge < -0.3 is 65.5 Å². The number of ether oxygens (including phenoxy) is 4. The topological polar surface area (TPSA) is 576 Å². The number of amides is 10. The van der Waals surface area contributed by atoms with E-state index in [4.69, 9.17) is 37.4 Å². The van der Waals surface area contributed by atoms with Gasteiger partial charge in [-0.3, -0.25) is 70.3 Å². The number of non-ortho nitro benzene ring substituents is 1. The Balaban J connectivity index is 0.000000288. The Morgan fingerprint density at radius 2 is 0.872 bits per heavy atom. The third-order valence-corrected chi connectivity index (χ3v) is 22.8. The number of nitrogens with zero attached hydrogens (tertiary/aromatic N) is 13. The normalized spacial score (nSPS) is 12.5. The number of allylic oxidation sites excluding steroid dienone is 3. The molecule has 0 saturated carbocycles. The van der Waals surface area contributed by atoms with E-state index in [1.807, 2.05) is 107 Å². The molecule has 44 nitrogen and oxygen atoms in total. The number of nitro benzene ring substituents is 1. The zero-order chi connectivity index (χ0) is 103. The monoisotopic (exact) mass is 2010 g/mol. The van der Waals surface area contributed by atoms with Crippen molar-refractivity contribution < 1.29 is 67.0 Å². The number of halogens is 2. The lowest BCUT2D eigenvalue weighted by Crippen LogP contribution is -2.35. The van der Waals surface area contributed by atoms with E-state index < -0.39 is 53.2 Å². The second-order valence-electron chi connectivity index (χ2n) is 34.0. The fraction of sp³-hybridized carbons (Fsp3) is 0.436. The molecule has 4 aromatic carbocycles. The maximum atomic E-state index is 12.4. The molecule has 2 unspecified atom stereocenters. The van der Waals surface area contributed by atoms with Gasteiger partial charge in [0.25, 0.3) is 22.4 Å². The lowest BCUT2D eigenvalue weighted by Gasteiger charge is -2.28. The van der Waals surface area contributed by atoms with E-state index in [0.717, 1.165) is 73.3 Å². The van der Waals surface area contributed by atoms with Crippen molar-refractivity contribution in [1.29, 1.82) is 0 Å². The number of alkyl carbamates (subject to hydrolysis) is 4. The van der Waals surface area contributed by atoms with Crippen molar-refractivity contribution >= 4 is 163 Å². The standard InChI is InChI=1S/C35H47ClN8O7.C30H40ClN9O5S.C29H37N9O6/c1-8-44(25-11-9-24(10-12-25)40-26-18-27(41-34(49)50-7)30(46)29(36)23(26)4)15-16-51-33(48)37-14-13-35(5,6)19-21(2)20-38-32(47)43-31-39-22(3)17-28(45)42-31;1-6-40(22-9-7-21(8-10-22)38-39-28-36-25(31)23(18-41)46-28)13-14-45-29(44)32-12-11-30(4,5)16-19(2)17-33-27(43)37-26-34-20(3)15-24(42)35-26;1-3-37(24-12-8-22(9-13-24)35-36-23-10-14-25(15-11-23)38(42)43)18-19-44-29(41)31-17-7-5-4-6-16-30-28(40)34-27-32-21(2)20-26(39)33-27/h9-12,17-18,21H,8,13-16,19-20H2,1-7H3,(H,37,48)(H,41,49)(H3,38,39,42,43,45,47);7-10,15,18-19H,6,11-14,16-17H2,1-5H3,(H,32,44)(H3,33,34,35,37,42,43);8-15,20H,3-7,16-19H2,1-2H3,(H,31,41)(H3,30,32,33,34,39,40). The highest BCUT2D eigenvalue weighted by atomic mass is 35.5. The second kappa shape index (κ2) is 58.1.